The molecule has 0 aliphatic heterocycles. The number of carbonyl (C=O) groups excluding carboxylic acids is 1. The summed E-state index contributed by atoms with van der Waals surface area (Å²) in [6.45, 7) is 3.89. The van der Waals surface area contributed by atoms with Gasteiger partial charge in [0.15, 0.2) is 0 Å². The summed E-state index contributed by atoms with van der Waals surface area (Å²) in [6.07, 6.45) is -3.61. The minimum Gasteiger partial charge on any atom is -0.342 e. The first kappa shape index (κ1) is 19.3. The standard InChI is InChI=1S/C14H19F3N2O3S/c1-4-18(5-2)13(20)10-19(23(3,21)22)12-8-6-11(7-9-12)14(15,16)17/h6-9H,4-5,10H2,1-3H3. The van der Waals surface area contributed by atoms with Crippen LogP contribution in [0.2, 0.25) is 0 Å². The van der Waals surface area contributed by atoms with Gasteiger partial charge in [0, 0.05) is 13.1 Å². The lowest BCUT2D eigenvalue weighted by Crippen LogP contribution is -2.42. The zero-order chi connectivity index (χ0) is 17.8. The number of amides is 1. The Morgan fingerprint density at radius 2 is 1.57 bits per heavy atom. The molecule has 0 spiro atoms. The Morgan fingerprint density at radius 1 is 1.09 bits per heavy atom. The van der Waals surface area contributed by atoms with E-state index in [0.717, 1.165) is 34.8 Å². The van der Waals surface area contributed by atoms with Gasteiger partial charge in [0.25, 0.3) is 0 Å². The zero-order valence-electron chi connectivity index (χ0n) is 13.1. The molecule has 0 atom stereocenters. The molecular formula is C14H19F3N2O3S. The molecule has 0 saturated heterocycles. The van der Waals surface area contributed by atoms with E-state index in [-0.39, 0.29) is 5.69 Å². The molecule has 1 rings (SSSR count). The van der Waals surface area contributed by atoms with Gasteiger partial charge in [-0.15, -0.1) is 0 Å². The van der Waals surface area contributed by atoms with Gasteiger partial charge in [0.05, 0.1) is 17.5 Å². The number of hydrogen-bond acceptors (Lipinski definition) is 3. The predicted octanol–water partition coefficient (Wildman–Crippen LogP) is 2.34. The Bertz CT molecular complexity index is 638. The van der Waals surface area contributed by atoms with Crippen LogP contribution in [0.1, 0.15) is 19.4 Å². The number of anilines is 1. The topological polar surface area (TPSA) is 57.7 Å². The van der Waals surface area contributed by atoms with Gasteiger partial charge in [-0.2, -0.15) is 13.2 Å². The van der Waals surface area contributed by atoms with Crippen molar-refractivity contribution >= 4 is 21.6 Å². The van der Waals surface area contributed by atoms with E-state index >= 15 is 0 Å². The minimum absolute atomic E-state index is 0.0148. The van der Waals surface area contributed by atoms with Crippen molar-refractivity contribution < 1.29 is 26.4 Å². The average molecular weight is 352 g/mol. The molecule has 0 fully saturated rings. The van der Waals surface area contributed by atoms with Crippen LogP contribution in [0.5, 0.6) is 0 Å². The molecule has 0 radical (unpaired) electrons. The molecule has 1 amide bonds. The summed E-state index contributed by atoms with van der Waals surface area (Å²) in [7, 11) is -3.81. The number of alkyl halides is 3. The Balaban J connectivity index is 3.12. The number of benzene rings is 1. The number of rotatable bonds is 6. The van der Waals surface area contributed by atoms with Gasteiger partial charge in [0.1, 0.15) is 6.54 Å². The maximum atomic E-state index is 12.6. The molecule has 0 unspecified atom stereocenters. The maximum Gasteiger partial charge on any atom is 0.416 e. The number of likely N-dealkylation sites (N-methyl/N-ethyl adjacent to an activating group) is 1. The molecule has 0 aliphatic rings. The highest BCUT2D eigenvalue weighted by Gasteiger charge is 2.31. The molecule has 0 aliphatic carbocycles. The van der Waals surface area contributed by atoms with E-state index in [1.165, 1.54) is 4.90 Å². The first-order valence-electron chi connectivity index (χ1n) is 6.93. The predicted molar refractivity (Wildman–Crippen MR) is 81.6 cm³/mol. The smallest absolute Gasteiger partial charge is 0.342 e. The molecular weight excluding hydrogens is 333 g/mol. The largest absolute Gasteiger partial charge is 0.416 e. The molecule has 23 heavy (non-hydrogen) atoms. The van der Waals surface area contributed by atoms with E-state index < -0.39 is 34.2 Å². The third-order valence-electron chi connectivity index (χ3n) is 3.28. The molecule has 0 saturated carbocycles. The minimum atomic E-state index is -4.51. The summed E-state index contributed by atoms with van der Waals surface area (Å²) in [6, 6.07) is 3.66. The first-order valence-corrected chi connectivity index (χ1v) is 8.78. The fourth-order valence-electron chi connectivity index (χ4n) is 2.02. The van der Waals surface area contributed by atoms with Crippen LogP contribution in [0.3, 0.4) is 0 Å². The van der Waals surface area contributed by atoms with Crippen molar-refractivity contribution in [3.05, 3.63) is 29.8 Å². The third-order valence-corrected chi connectivity index (χ3v) is 4.42. The first-order chi connectivity index (χ1) is 10.5. The summed E-state index contributed by atoms with van der Waals surface area (Å²) in [5, 5.41) is 0. The Morgan fingerprint density at radius 3 is 1.91 bits per heavy atom. The van der Waals surface area contributed by atoms with Gasteiger partial charge < -0.3 is 4.90 Å². The highest BCUT2D eigenvalue weighted by atomic mass is 32.2. The summed E-state index contributed by atoms with van der Waals surface area (Å²) in [5.74, 6) is -0.416. The van der Waals surface area contributed by atoms with Crippen molar-refractivity contribution in [2.24, 2.45) is 0 Å². The zero-order valence-corrected chi connectivity index (χ0v) is 13.9. The summed E-state index contributed by atoms with van der Waals surface area (Å²) >= 11 is 0. The lowest BCUT2D eigenvalue weighted by molar-refractivity contribution is -0.137. The van der Waals surface area contributed by atoms with Crippen LogP contribution in [-0.2, 0) is 21.0 Å². The normalized spacial score (nSPS) is 12.1. The van der Waals surface area contributed by atoms with Gasteiger partial charge in [0.2, 0.25) is 15.9 Å². The lowest BCUT2D eigenvalue weighted by atomic mass is 10.2. The molecule has 0 bridgehead atoms. The second kappa shape index (κ2) is 7.20. The Kier molecular flexibility index (Phi) is 6.04. The van der Waals surface area contributed by atoms with Crippen molar-refractivity contribution in [1.82, 2.24) is 4.90 Å². The van der Waals surface area contributed by atoms with Crippen LogP contribution in [-0.4, -0.2) is 45.1 Å². The van der Waals surface area contributed by atoms with E-state index in [1.807, 2.05) is 0 Å². The Hall–Kier alpha value is -1.77. The molecule has 0 N–H and O–H groups in total. The van der Waals surface area contributed by atoms with E-state index in [2.05, 4.69) is 0 Å². The third kappa shape index (κ3) is 5.12. The van der Waals surface area contributed by atoms with Gasteiger partial charge >= 0.3 is 6.18 Å². The Labute approximate surface area is 133 Å². The summed E-state index contributed by atoms with van der Waals surface area (Å²) in [5.41, 5.74) is -0.870. The van der Waals surface area contributed by atoms with Crippen LogP contribution in [0.15, 0.2) is 24.3 Å². The average Bonchev–Trinajstić information content (AvgIpc) is 2.44. The van der Waals surface area contributed by atoms with Crippen molar-refractivity contribution in [2.45, 2.75) is 20.0 Å². The highest BCUT2D eigenvalue weighted by Crippen LogP contribution is 2.30. The second-order valence-electron chi connectivity index (χ2n) is 4.88. The fraction of sp³-hybridized carbons (Fsp3) is 0.500. The maximum absolute atomic E-state index is 12.6. The van der Waals surface area contributed by atoms with Gasteiger partial charge in [-0.1, -0.05) is 0 Å². The molecule has 0 aromatic heterocycles. The number of nitrogens with zero attached hydrogens (tertiary/aromatic N) is 2. The van der Waals surface area contributed by atoms with Crippen LogP contribution < -0.4 is 4.31 Å². The fourth-order valence-corrected chi connectivity index (χ4v) is 2.87. The number of carbonyl (C=O) groups is 1. The molecule has 1 aromatic rings. The van der Waals surface area contributed by atoms with Gasteiger partial charge in [-0.05, 0) is 38.1 Å². The summed E-state index contributed by atoms with van der Waals surface area (Å²) < 4.78 is 62.3. The SMILES string of the molecule is CCN(CC)C(=O)CN(c1ccc(C(F)(F)F)cc1)S(C)(=O)=O. The van der Waals surface area contributed by atoms with Crippen molar-refractivity contribution in [3.63, 3.8) is 0 Å². The monoisotopic (exact) mass is 352 g/mol. The molecule has 1 aromatic carbocycles. The second-order valence-corrected chi connectivity index (χ2v) is 6.79. The molecule has 5 nitrogen and oxygen atoms in total. The van der Waals surface area contributed by atoms with Gasteiger partial charge in [-0.25, -0.2) is 8.42 Å². The number of sulfonamides is 1. The molecule has 9 heteroatoms. The van der Waals surface area contributed by atoms with Crippen molar-refractivity contribution in [3.8, 4) is 0 Å². The number of halogens is 3. The van der Waals surface area contributed by atoms with E-state index in [1.54, 1.807) is 13.8 Å². The highest BCUT2D eigenvalue weighted by molar-refractivity contribution is 7.92. The quantitative estimate of drug-likeness (QED) is 0.790. The van der Waals surface area contributed by atoms with Crippen molar-refractivity contribution in [1.29, 1.82) is 0 Å². The van der Waals surface area contributed by atoms with Crippen LogP contribution in [0, 0.1) is 0 Å². The van der Waals surface area contributed by atoms with Crippen LogP contribution >= 0.6 is 0 Å². The number of hydrogen-bond donors (Lipinski definition) is 0. The summed E-state index contributed by atoms with van der Waals surface area (Å²) in [4.78, 5) is 13.5. The van der Waals surface area contributed by atoms with Crippen molar-refractivity contribution in [2.75, 3.05) is 30.2 Å². The lowest BCUT2D eigenvalue weighted by Gasteiger charge is -2.26. The van der Waals surface area contributed by atoms with Crippen LogP contribution in [0.25, 0.3) is 0 Å². The van der Waals surface area contributed by atoms with Gasteiger partial charge in [-0.3, -0.25) is 9.10 Å². The van der Waals surface area contributed by atoms with E-state index in [0.29, 0.717) is 13.1 Å². The van der Waals surface area contributed by atoms with E-state index in [9.17, 15) is 26.4 Å². The molecule has 0 heterocycles. The van der Waals surface area contributed by atoms with Crippen LogP contribution in [0.4, 0.5) is 18.9 Å². The molecule has 130 valence electrons. The van der Waals surface area contributed by atoms with E-state index in [4.69, 9.17) is 0 Å².